The van der Waals surface area contributed by atoms with Gasteiger partial charge in [-0.05, 0) is 6.92 Å². The molecule has 0 aliphatic carbocycles. The third-order valence-corrected chi connectivity index (χ3v) is 3.56. The van der Waals surface area contributed by atoms with E-state index in [1.807, 2.05) is 14.0 Å². The summed E-state index contributed by atoms with van der Waals surface area (Å²) in [4.78, 5) is 11.6. The van der Waals surface area contributed by atoms with Gasteiger partial charge >= 0.3 is 0 Å². The van der Waals surface area contributed by atoms with E-state index in [1.165, 1.54) is 23.1 Å². The molecule has 2 heterocycles. The first-order valence-electron chi connectivity index (χ1n) is 4.72. The Bertz CT molecular complexity index is 522. The Morgan fingerprint density at radius 2 is 2.35 bits per heavy atom. The lowest BCUT2D eigenvalue weighted by Gasteiger charge is -2.00. The second-order valence-electron chi connectivity index (χ2n) is 3.19. The van der Waals surface area contributed by atoms with Crippen molar-refractivity contribution in [3.8, 4) is 0 Å². The molecule has 2 aromatic rings. The smallest absolute Gasteiger partial charge is 0.236 e. The first kappa shape index (κ1) is 12.0. The summed E-state index contributed by atoms with van der Waals surface area (Å²) < 4.78 is 1.76. The molecule has 0 aliphatic rings. The fourth-order valence-corrected chi connectivity index (χ4v) is 2.33. The van der Waals surface area contributed by atoms with Crippen LogP contribution in [0.5, 0.6) is 0 Å². The third kappa shape index (κ3) is 3.24. The summed E-state index contributed by atoms with van der Waals surface area (Å²) in [7, 11) is 1.83. The molecule has 7 nitrogen and oxygen atoms in total. The molecule has 0 fully saturated rings. The molecular formula is C8H10N6OS2. The number of thioether (sulfide) groups is 1. The van der Waals surface area contributed by atoms with Crippen molar-refractivity contribution in [3.63, 3.8) is 0 Å². The number of aryl methyl sites for hydroxylation is 2. The van der Waals surface area contributed by atoms with E-state index < -0.39 is 0 Å². The Morgan fingerprint density at radius 1 is 1.53 bits per heavy atom. The number of nitrogens with one attached hydrogen (secondary N) is 1. The van der Waals surface area contributed by atoms with Crippen LogP contribution in [0.2, 0.25) is 0 Å². The second-order valence-corrected chi connectivity index (χ2v) is 5.31. The van der Waals surface area contributed by atoms with Gasteiger partial charge in [0.1, 0.15) is 11.3 Å². The monoisotopic (exact) mass is 270 g/mol. The van der Waals surface area contributed by atoms with E-state index in [0.29, 0.717) is 10.3 Å². The molecule has 90 valence electrons. The van der Waals surface area contributed by atoms with Gasteiger partial charge in [0.15, 0.2) is 5.16 Å². The van der Waals surface area contributed by atoms with Crippen molar-refractivity contribution < 1.29 is 4.79 Å². The van der Waals surface area contributed by atoms with Crippen LogP contribution in [0.4, 0.5) is 5.13 Å². The maximum atomic E-state index is 11.6. The second kappa shape index (κ2) is 5.23. The van der Waals surface area contributed by atoms with Crippen LogP contribution in [0.15, 0.2) is 11.5 Å². The molecule has 0 saturated heterocycles. The van der Waals surface area contributed by atoms with Gasteiger partial charge in [0, 0.05) is 7.05 Å². The van der Waals surface area contributed by atoms with Gasteiger partial charge in [0.05, 0.1) is 5.75 Å². The van der Waals surface area contributed by atoms with Crippen LogP contribution in [0.3, 0.4) is 0 Å². The van der Waals surface area contributed by atoms with E-state index in [1.54, 1.807) is 10.9 Å². The van der Waals surface area contributed by atoms with E-state index in [2.05, 4.69) is 25.7 Å². The standard InChI is InChI=1S/C8H10N6OS2/c1-5-11-12-7(17-5)10-6(15)3-16-8-13-9-4-14(8)2/h4H,3H2,1-2H3,(H,10,12,15). The van der Waals surface area contributed by atoms with Crippen LogP contribution >= 0.6 is 23.1 Å². The maximum absolute atomic E-state index is 11.6. The Labute approximate surface area is 106 Å². The van der Waals surface area contributed by atoms with Crippen molar-refractivity contribution in [2.24, 2.45) is 7.05 Å². The molecule has 0 aliphatic heterocycles. The summed E-state index contributed by atoms with van der Waals surface area (Å²) in [6, 6.07) is 0. The molecule has 0 atom stereocenters. The number of nitrogens with zero attached hydrogens (tertiary/aromatic N) is 5. The number of amides is 1. The Hall–Kier alpha value is -1.48. The first-order chi connectivity index (χ1) is 8.15. The zero-order valence-electron chi connectivity index (χ0n) is 9.25. The Morgan fingerprint density at radius 3 is 2.94 bits per heavy atom. The maximum Gasteiger partial charge on any atom is 0.236 e. The van der Waals surface area contributed by atoms with E-state index in [-0.39, 0.29) is 11.7 Å². The number of carbonyl (C=O) groups is 1. The molecule has 0 spiro atoms. The number of rotatable bonds is 4. The van der Waals surface area contributed by atoms with Crippen molar-refractivity contribution in [2.45, 2.75) is 12.1 Å². The fraction of sp³-hybridized carbons (Fsp3) is 0.375. The molecule has 0 radical (unpaired) electrons. The topological polar surface area (TPSA) is 85.6 Å². The molecule has 1 amide bonds. The highest BCUT2D eigenvalue weighted by Gasteiger charge is 2.09. The van der Waals surface area contributed by atoms with Gasteiger partial charge in [0.2, 0.25) is 11.0 Å². The lowest BCUT2D eigenvalue weighted by atomic mass is 10.7. The highest BCUT2D eigenvalue weighted by Crippen LogP contribution is 2.16. The summed E-state index contributed by atoms with van der Waals surface area (Å²) in [6.07, 6.45) is 1.59. The number of anilines is 1. The minimum Gasteiger partial charge on any atom is -0.312 e. The van der Waals surface area contributed by atoms with Gasteiger partial charge in [-0.25, -0.2) is 0 Å². The fourth-order valence-electron chi connectivity index (χ4n) is 1.04. The molecule has 1 N–H and O–H groups in total. The van der Waals surface area contributed by atoms with Crippen LogP contribution < -0.4 is 5.32 Å². The summed E-state index contributed by atoms with van der Waals surface area (Å²) in [5.41, 5.74) is 0. The molecule has 2 aromatic heterocycles. The Kier molecular flexibility index (Phi) is 3.69. The van der Waals surface area contributed by atoms with Gasteiger partial charge in [-0.2, -0.15) is 0 Å². The van der Waals surface area contributed by atoms with Crippen molar-refractivity contribution in [2.75, 3.05) is 11.1 Å². The third-order valence-electron chi connectivity index (χ3n) is 1.77. The molecule has 0 aromatic carbocycles. The quantitative estimate of drug-likeness (QED) is 0.823. The average Bonchev–Trinajstić information content (AvgIpc) is 2.85. The predicted octanol–water partition coefficient (Wildman–Crippen LogP) is 0.706. The molecular weight excluding hydrogens is 260 g/mol. The number of hydrogen-bond acceptors (Lipinski definition) is 7. The number of aromatic nitrogens is 5. The summed E-state index contributed by atoms with van der Waals surface area (Å²) in [5, 5.41) is 19.9. The minimum atomic E-state index is -0.130. The lowest BCUT2D eigenvalue weighted by molar-refractivity contribution is -0.113. The average molecular weight is 270 g/mol. The van der Waals surface area contributed by atoms with Gasteiger partial charge in [0.25, 0.3) is 0 Å². The van der Waals surface area contributed by atoms with E-state index >= 15 is 0 Å². The van der Waals surface area contributed by atoms with Gasteiger partial charge in [-0.15, -0.1) is 20.4 Å². The minimum absolute atomic E-state index is 0.130. The van der Waals surface area contributed by atoms with Crippen LogP contribution in [-0.4, -0.2) is 36.6 Å². The molecule has 0 bridgehead atoms. The summed E-state index contributed by atoms with van der Waals surface area (Å²) >= 11 is 2.67. The van der Waals surface area contributed by atoms with E-state index in [4.69, 9.17) is 0 Å². The Balaban J connectivity index is 1.84. The highest BCUT2D eigenvalue weighted by atomic mass is 32.2. The zero-order chi connectivity index (χ0) is 12.3. The van der Waals surface area contributed by atoms with Crippen LogP contribution in [0.25, 0.3) is 0 Å². The lowest BCUT2D eigenvalue weighted by Crippen LogP contribution is -2.14. The van der Waals surface area contributed by atoms with Crippen molar-refractivity contribution in [1.82, 2.24) is 25.0 Å². The first-order valence-corrected chi connectivity index (χ1v) is 6.52. The normalized spacial score (nSPS) is 10.5. The van der Waals surface area contributed by atoms with Gasteiger partial charge in [-0.3, -0.25) is 10.1 Å². The molecule has 0 saturated carbocycles. The van der Waals surface area contributed by atoms with Crippen LogP contribution in [-0.2, 0) is 11.8 Å². The van der Waals surface area contributed by atoms with Crippen molar-refractivity contribution in [3.05, 3.63) is 11.3 Å². The number of carbonyl (C=O) groups excluding carboxylic acids is 1. The number of hydrogen-bond donors (Lipinski definition) is 1. The molecule has 9 heteroatoms. The largest absolute Gasteiger partial charge is 0.312 e. The van der Waals surface area contributed by atoms with Crippen molar-refractivity contribution in [1.29, 1.82) is 0 Å². The van der Waals surface area contributed by atoms with Gasteiger partial charge in [-0.1, -0.05) is 23.1 Å². The summed E-state index contributed by atoms with van der Waals surface area (Å²) in [6.45, 7) is 1.83. The van der Waals surface area contributed by atoms with E-state index in [9.17, 15) is 4.79 Å². The molecule has 2 rings (SSSR count). The molecule has 17 heavy (non-hydrogen) atoms. The van der Waals surface area contributed by atoms with Crippen LogP contribution in [0.1, 0.15) is 5.01 Å². The zero-order valence-corrected chi connectivity index (χ0v) is 10.9. The van der Waals surface area contributed by atoms with Gasteiger partial charge < -0.3 is 4.57 Å². The van der Waals surface area contributed by atoms with Crippen LogP contribution in [0, 0.1) is 6.92 Å². The SMILES string of the molecule is Cc1nnc(NC(=O)CSc2nncn2C)s1. The predicted molar refractivity (Wildman–Crippen MR) is 65.0 cm³/mol. The summed E-state index contributed by atoms with van der Waals surface area (Å²) in [5.74, 6) is 0.139. The highest BCUT2D eigenvalue weighted by molar-refractivity contribution is 7.99. The van der Waals surface area contributed by atoms with Crippen molar-refractivity contribution >= 4 is 34.1 Å². The van der Waals surface area contributed by atoms with E-state index in [0.717, 1.165) is 5.01 Å². The molecule has 0 unspecified atom stereocenters.